The van der Waals surface area contributed by atoms with Gasteiger partial charge in [-0.15, -0.1) is 16.4 Å². The van der Waals surface area contributed by atoms with Gasteiger partial charge in [0.15, 0.2) is 0 Å². The molecule has 0 bridgehead atoms. The summed E-state index contributed by atoms with van der Waals surface area (Å²) >= 11 is 3.27. The lowest BCUT2D eigenvalue weighted by Gasteiger charge is -2.03. The largest absolute Gasteiger partial charge is 0.508 e. The Bertz CT molecular complexity index is 782. The molecule has 8 heteroatoms. The van der Waals surface area contributed by atoms with Crippen LogP contribution in [0.4, 0.5) is 0 Å². The number of benzene rings is 1. The Balaban J connectivity index is 1.63. The van der Waals surface area contributed by atoms with Gasteiger partial charge in [0.1, 0.15) is 5.75 Å². The Morgan fingerprint density at radius 3 is 2.79 bits per heavy atom. The molecule has 1 N–H and O–H groups in total. The fraction of sp³-hybridized carbons (Fsp3) is 0.375. The predicted octanol–water partition coefficient (Wildman–Crippen LogP) is 3.71. The molecule has 1 aromatic carbocycles. The molecule has 0 aliphatic heterocycles. The van der Waals surface area contributed by atoms with Crippen molar-refractivity contribution in [3.8, 4) is 11.4 Å². The molecule has 0 aliphatic carbocycles. The van der Waals surface area contributed by atoms with Gasteiger partial charge in [-0.25, -0.2) is 4.98 Å². The first-order chi connectivity index (χ1) is 11.6. The summed E-state index contributed by atoms with van der Waals surface area (Å²) in [7, 11) is 0. The van der Waals surface area contributed by atoms with Gasteiger partial charge in [-0.2, -0.15) is 4.68 Å². The molecule has 3 rings (SSSR count). The van der Waals surface area contributed by atoms with E-state index in [-0.39, 0.29) is 5.75 Å². The fourth-order valence-corrected chi connectivity index (χ4v) is 3.81. The van der Waals surface area contributed by atoms with E-state index >= 15 is 0 Å². The van der Waals surface area contributed by atoms with Gasteiger partial charge >= 0.3 is 0 Å². The molecule has 0 radical (unpaired) electrons. The first-order valence-electron chi connectivity index (χ1n) is 7.75. The van der Waals surface area contributed by atoms with Crippen LogP contribution in [0.3, 0.4) is 0 Å². The first-order valence-corrected chi connectivity index (χ1v) is 9.62. The topological polar surface area (TPSA) is 76.7 Å². The van der Waals surface area contributed by atoms with Crippen LogP contribution in [0.5, 0.6) is 5.75 Å². The quantitative estimate of drug-likeness (QED) is 0.647. The van der Waals surface area contributed by atoms with Crippen LogP contribution in [0.1, 0.15) is 31.0 Å². The number of nitrogens with zero attached hydrogens (tertiary/aromatic N) is 5. The molecule has 0 saturated carbocycles. The highest BCUT2D eigenvalue weighted by Crippen LogP contribution is 2.24. The molecule has 2 heterocycles. The molecule has 0 fully saturated rings. The van der Waals surface area contributed by atoms with Gasteiger partial charge in [0.05, 0.1) is 16.4 Å². The lowest BCUT2D eigenvalue weighted by molar-refractivity contribution is 0.475. The molecular formula is C16H19N5OS2. The molecule has 3 aromatic rings. The molecule has 0 unspecified atom stereocenters. The Kier molecular flexibility index (Phi) is 5.47. The number of phenols is 1. The van der Waals surface area contributed by atoms with Gasteiger partial charge in [-0.3, -0.25) is 0 Å². The van der Waals surface area contributed by atoms with Crippen LogP contribution in [-0.4, -0.2) is 30.3 Å². The molecular weight excluding hydrogens is 342 g/mol. The smallest absolute Gasteiger partial charge is 0.214 e. The van der Waals surface area contributed by atoms with E-state index in [4.69, 9.17) is 0 Å². The zero-order chi connectivity index (χ0) is 16.9. The summed E-state index contributed by atoms with van der Waals surface area (Å²) in [6, 6.07) is 6.80. The Morgan fingerprint density at radius 2 is 2.04 bits per heavy atom. The van der Waals surface area contributed by atoms with Crippen molar-refractivity contribution in [1.82, 2.24) is 25.2 Å². The zero-order valence-corrected chi connectivity index (χ0v) is 15.2. The van der Waals surface area contributed by atoms with E-state index in [9.17, 15) is 5.11 Å². The average Bonchev–Trinajstić information content (AvgIpc) is 3.21. The normalized spacial score (nSPS) is 11.3. The van der Waals surface area contributed by atoms with Gasteiger partial charge in [0.25, 0.3) is 0 Å². The van der Waals surface area contributed by atoms with E-state index in [1.165, 1.54) is 11.4 Å². The third-order valence-corrected chi connectivity index (χ3v) is 5.33. The summed E-state index contributed by atoms with van der Waals surface area (Å²) in [5.41, 5.74) is 1.88. The van der Waals surface area contributed by atoms with E-state index in [1.807, 2.05) is 0 Å². The summed E-state index contributed by atoms with van der Waals surface area (Å²) in [6.45, 7) is 4.46. The fourth-order valence-electron chi connectivity index (χ4n) is 2.11. The molecule has 0 spiro atoms. The maximum Gasteiger partial charge on any atom is 0.214 e. The molecule has 2 aromatic heterocycles. The molecule has 24 heavy (non-hydrogen) atoms. The summed E-state index contributed by atoms with van der Waals surface area (Å²) in [5, 5.41) is 25.2. The van der Waals surface area contributed by atoms with E-state index in [2.05, 4.69) is 39.7 Å². The molecule has 0 atom stereocenters. The molecule has 6 nitrogen and oxygen atoms in total. The Labute approximate surface area is 148 Å². The minimum Gasteiger partial charge on any atom is -0.508 e. The molecule has 0 aliphatic rings. The second kappa shape index (κ2) is 7.76. The highest BCUT2D eigenvalue weighted by atomic mass is 32.2. The number of thioether (sulfide) groups is 1. The van der Waals surface area contributed by atoms with E-state index in [0.717, 1.165) is 23.6 Å². The SMILES string of the molecule is CC(C)CCc1nc(CSc2nnnn2-c2ccc(O)cc2)cs1. The van der Waals surface area contributed by atoms with Gasteiger partial charge in [0.2, 0.25) is 5.16 Å². The van der Waals surface area contributed by atoms with Crippen molar-refractivity contribution < 1.29 is 5.11 Å². The number of aryl methyl sites for hydroxylation is 1. The van der Waals surface area contributed by atoms with Crippen molar-refractivity contribution >= 4 is 23.1 Å². The third kappa shape index (κ3) is 4.33. The van der Waals surface area contributed by atoms with Crippen LogP contribution < -0.4 is 0 Å². The monoisotopic (exact) mass is 361 g/mol. The standard InChI is InChI=1S/C16H19N5OS2/c1-11(2)3-8-15-17-12(9-23-15)10-24-16-18-19-20-21(16)13-4-6-14(22)7-5-13/h4-7,9,11,22H,3,8,10H2,1-2H3. The molecule has 0 saturated heterocycles. The number of hydrogen-bond donors (Lipinski definition) is 1. The number of phenolic OH excluding ortho intramolecular Hbond substituents is 1. The maximum absolute atomic E-state index is 9.38. The van der Waals surface area contributed by atoms with Crippen LogP contribution in [-0.2, 0) is 12.2 Å². The number of thiazole rings is 1. The minimum atomic E-state index is 0.220. The van der Waals surface area contributed by atoms with Crippen LogP contribution in [0, 0.1) is 5.92 Å². The van der Waals surface area contributed by atoms with Gasteiger partial charge in [0, 0.05) is 11.1 Å². The highest BCUT2D eigenvalue weighted by molar-refractivity contribution is 7.98. The second-order valence-corrected chi connectivity index (χ2v) is 7.73. The van der Waals surface area contributed by atoms with Crippen molar-refractivity contribution in [3.63, 3.8) is 0 Å². The van der Waals surface area contributed by atoms with Crippen molar-refractivity contribution in [2.45, 2.75) is 37.6 Å². The summed E-state index contributed by atoms with van der Waals surface area (Å²) < 4.78 is 1.66. The van der Waals surface area contributed by atoms with Crippen molar-refractivity contribution in [2.75, 3.05) is 0 Å². The number of rotatable bonds is 7. The van der Waals surface area contributed by atoms with Crippen molar-refractivity contribution in [1.29, 1.82) is 0 Å². The average molecular weight is 361 g/mol. The summed E-state index contributed by atoms with van der Waals surface area (Å²) in [5.74, 6) is 1.65. The maximum atomic E-state index is 9.38. The van der Waals surface area contributed by atoms with Crippen LogP contribution in [0.15, 0.2) is 34.8 Å². The zero-order valence-electron chi connectivity index (χ0n) is 13.6. The van der Waals surface area contributed by atoms with Crippen LogP contribution in [0.25, 0.3) is 5.69 Å². The highest BCUT2D eigenvalue weighted by Gasteiger charge is 2.11. The molecule has 126 valence electrons. The number of tetrazole rings is 1. The number of aromatic hydroxyl groups is 1. The van der Waals surface area contributed by atoms with Gasteiger partial charge in [-0.05, 0) is 53.5 Å². The summed E-state index contributed by atoms with van der Waals surface area (Å²) in [6.07, 6.45) is 2.21. The van der Waals surface area contributed by atoms with E-state index in [1.54, 1.807) is 52.0 Å². The van der Waals surface area contributed by atoms with E-state index in [0.29, 0.717) is 11.1 Å². The van der Waals surface area contributed by atoms with Gasteiger partial charge in [-0.1, -0.05) is 25.6 Å². The lowest BCUT2D eigenvalue weighted by atomic mass is 10.1. The summed E-state index contributed by atoms with van der Waals surface area (Å²) in [4.78, 5) is 4.68. The predicted molar refractivity (Wildman–Crippen MR) is 95.7 cm³/mol. The third-order valence-electron chi connectivity index (χ3n) is 3.42. The Hall–Kier alpha value is -1.93. The lowest BCUT2D eigenvalue weighted by Crippen LogP contribution is -1.99. The van der Waals surface area contributed by atoms with Gasteiger partial charge < -0.3 is 5.11 Å². The second-order valence-electron chi connectivity index (χ2n) is 5.84. The van der Waals surface area contributed by atoms with Crippen molar-refractivity contribution in [2.24, 2.45) is 5.92 Å². The van der Waals surface area contributed by atoms with Crippen molar-refractivity contribution in [3.05, 3.63) is 40.3 Å². The Morgan fingerprint density at radius 1 is 1.25 bits per heavy atom. The minimum absolute atomic E-state index is 0.220. The number of hydrogen-bond acceptors (Lipinski definition) is 7. The van der Waals surface area contributed by atoms with Crippen LogP contribution >= 0.6 is 23.1 Å². The number of aromatic nitrogens is 5. The molecule has 0 amide bonds. The van der Waals surface area contributed by atoms with E-state index < -0.39 is 0 Å². The van der Waals surface area contributed by atoms with Crippen LogP contribution in [0.2, 0.25) is 0 Å². The first kappa shape index (κ1) is 16.9.